The number of carbonyl (C=O) groups excluding carboxylic acids is 1. The quantitative estimate of drug-likeness (QED) is 0.843. The molecular weight excluding hydrogens is 246 g/mol. The lowest BCUT2D eigenvalue weighted by atomic mass is 10.2. The van der Waals surface area contributed by atoms with E-state index in [9.17, 15) is 13.6 Å². The second-order valence-corrected chi connectivity index (χ2v) is 3.52. The van der Waals surface area contributed by atoms with Crippen molar-refractivity contribution >= 4 is 11.6 Å². The molecule has 1 rings (SSSR count). The molecule has 0 aliphatic rings. The van der Waals surface area contributed by atoms with Crippen LogP contribution in [0.2, 0.25) is 0 Å². The third-order valence-corrected chi connectivity index (χ3v) is 2.07. The standard InChI is InChI=1S/C11H14F2N2O3/c1-6(14)10(16)15-8-5-7(17-2)3-4-9(8)18-11(12)13/h3-6,11H,14H2,1-2H3,(H,15,16)/t6-/m1/s1. The minimum absolute atomic E-state index is 0.0805. The zero-order chi connectivity index (χ0) is 13.7. The number of nitrogens with two attached hydrogens (primary N) is 1. The van der Waals surface area contributed by atoms with Crippen LogP contribution in [0.3, 0.4) is 0 Å². The Hall–Kier alpha value is -1.89. The number of carbonyl (C=O) groups is 1. The summed E-state index contributed by atoms with van der Waals surface area (Å²) in [5.41, 5.74) is 5.45. The van der Waals surface area contributed by atoms with Crippen molar-refractivity contribution in [3.8, 4) is 11.5 Å². The number of hydrogen-bond acceptors (Lipinski definition) is 4. The number of alkyl halides is 2. The van der Waals surface area contributed by atoms with E-state index in [0.29, 0.717) is 5.75 Å². The van der Waals surface area contributed by atoms with E-state index in [-0.39, 0.29) is 11.4 Å². The Kier molecular flexibility index (Phi) is 4.85. The molecule has 3 N–H and O–H groups in total. The number of benzene rings is 1. The molecule has 1 atom stereocenters. The molecule has 0 heterocycles. The van der Waals surface area contributed by atoms with Gasteiger partial charge >= 0.3 is 6.61 Å². The Morgan fingerprint density at radius 3 is 2.61 bits per heavy atom. The topological polar surface area (TPSA) is 73.6 Å². The van der Waals surface area contributed by atoms with E-state index in [1.165, 1.54) is 32.2 Å². The van der Waals surface area contributed by atoms with E-state index in [1.54, 1.807) is 0 Å². The predicted molar refractivity (Wildman–Crippen MR) is 61.9 cm³/mol. The normalized spacial score (nSPS) is 12.1. The van der Waals surface area contributed by atoms with Crippen molar-refractivity contribution in [2.24, 2.45) is 5.73 Å². The van der Waals surface area contributed by atoms with Crippen LogP contribution in [-0.2, 0) is 4.79 Å². The molecule has 0 unspecified atom stereocenters. The molecule has 0 radical (unpaired) electrons. The van der Waals surface area contributed by atoms with E-state index in [4.69, 9.17) is 10.5 Å². The highest BCUT2D eigenvalue weighted by Crippen LogP contribution is 2.30. The Morgan fingerprint density at radius 1 is 1.44 bits per heavy atom. The first kappa shape index (κ1) is 14.2. The van der Waals surface area contributed by atoms with Crippen LogP contribution in [0.15, 0.2) is 18.2 Å². The van der Waals surface area contributed by atoms with Crippen molar-refractivity contribution in [2.75, 3.05) is 12.4 Å². The van der Waals surface area contributed by atoms with Gasteiger partial charge in [-0.25, -0.2) is 0 Å². The molecule has 0 fully saturated rings. The first-order valence-electron chi connectivity index (χ1n) is 5.13. The van der Waals surface area contributed by atoms with Crippen molar-refractivity contribution in [3.63, 3.8) is 0 Å². The van der Waals surface area contributed by atoms with Gasteiger partial charge in [-0.3, -0.25) is 4.79 Å². The first-order chi connectivity index (χ1) is 8.43. The molecule has 0 spiro atoms. The zero-order valence-corrected chi connectivity index (χ0v) is 9.94. The molecule has 0 saturated heterocycles. The van der Waals surface area contributed by atoms with Crippen LogP contribution in [-0.4, -0.2) is 25.7 Å². The smallest absolute Gasteiger partial charge is 0.387 e. The van der Waals surface area contributed by atoms with Gasteiger partial charge in [0, 0.05) is 6.07 Å². The molecule has 0 aliphatic carbocycles. The summed E-state index contributed by atoms with van der Waals surface area (Å²) in [6.07, 6.45) is 0. The highest BCUT2D eigenvalue weighted by molar-refractivity contribution is 5.95. The average Bonchev–Trinajstić information content (AvgIpc) is 2.30. The summed E-state index contributed by atoms with van der Waals surface area (Å²) in [7, 11) is 1.42. The highest BCUT2D eigenvalue weighted by atomic mass is 19.3. The van der Waals surface area contributed by atoms with Gasteiger partial charge in [0.05, 0.1) is 18.8 Å². The number of ether oxygens (including phenoxy) is 2. The molecule has 0 saturated carbocycles. The minimum atomic E-state index is -2.98. The molecule has 0 aromatic heterocycles. The molecular formula is C11H14F2N2O3. The van der Waals surface area contributed by atoms with E-state index >= 15 is 0 Å². The van der Waals surface area contributed by atoms with Gasteiger partial charge in [0.25, 0.3) is 0 Å². The molecule has 1 amide bonds. The Morgan fingerprint density at radius 2 is 2.11 bits per heavy atom. The Labute approximate surface area is 103 Å². The number of anilines is 1. The molecule has 1 aromatic carbocycles. The van der Waals surface area contributed by atoms with Gasteiger partial charge in [0.1, 0.15) is 11.5 Å². The van der Waals surface area contributed by atoms with E-state index in [0.717, 1.165) is 0 Å². The Bertz CT molecular complexity index is 425. The van der Waals surface area contributed by atoms with E-state index < -0.39 is 18.6 Å². The van der Waals surface area contributed by atoms with Crippen LogP contribution >= 0.6 is 0 Å². The SMILES string of the molecule is COc1ccc(OC(F)F)c(NC(=O)[C@@H](C)N)c1. The summed E-state index contributed by atoms with van der Waals surface area (Å²) >= 11 is 0. The van der Waals surface area contributed by atoms with Crippen molar-refractivity contribution in [3.05, 3.63) is 18.2 Å². The zero-order valence-electron chi connectivity index (χ0n) is 9.94. The van der Waals surface area contributed by atoms with Gasteiger partial charge in [-0.1, -0.05) is 0 Å². The van der Waals surface area contributed by atoms with Gasteiger partial charge in [-0.05, 0) is 19.1 Å². The van der Waals surface area contributed by atoms with Crippen molar-refractivity contribution < 1.29 is 23.0 Å². The van der Waals surface area contributed by atoms with Crippen LogP contribution < -0.4 is 20.5 Å². The lowest BCUT2D eigenvalue weighted by molar-refractivity contribution is -0.117. The fourth-order valence-corrected chi connectivity index (χ4v) is 1.18. The number of amides is 1. The summed E-state index contributed by atoms with van der Waals surface area (Å²) in [5.74, 6) is -0.265. The predicted octanol–water partition coefficient (Wildman–Crippen LogP) is 1.58. The molecule has 0 bridgehead atoms. The molecule has 7 heteroatoms. The molecule has 5 nitrogen and oxygen atoms in total. The second kappa shape index (κ2) is 6.15. The van der Waals surface area contributed by atoms with Gasteiger partial charge in [0.2, 0.25) is 5.91 Å². The molecule has 100 valence electrons. The fourth-order valence-electron chi connectivity index (χ4n) is 1.18. The lowest BCUT2D eigenvalue weighted by Crippen LogP contribution is -2.32. The first-order valence-corrected chi connectivity index (χ1v) is 5.13. The lowest BCUT2D eigenvalue weighted by Gasteiger charge is -2.14. The number of hydrogen-bond donors (Lipinski definition) is 2. The van der Waals surface area contributed by atoms with Crippen LogP contribution in [0.4, 0.5) is 14.5 Å². The number of halogens is 2. The van der Waals surface area contributed by atoms with Crippen LogP contribution in [0.1, 0.15) is 6.92 Å². The van der Waals surface area contributed by atoms with E-state index in [2.05, 4.69) is 10.1 Å². The summed E-state index contributed by atoms with van der Waals surface area (Å²) in [6.45, 7) is -1.51. The monoisotopic (exact) mass is 260 g/mol. The van der Waals surface area contributed by atoms with Gasteiger partial charge < -0.3 is 20.5 Å². The maximum absolute atomic E-state index is 12.2. The summed E-state index contributed by atoms with van der Waals surface area (Å²) in [4.78, 5) is 11.4. The minimum Gasteiger partial charge on any atom is -0.497 e. The second-order valence-electron chi connectivity index (χ2n) is 3.52. The number of methoxy groups -OCH3 is 1. The maximum atomic E-state index is 12.2. The number of nitrogens with one attached hydrogen (secondary N) is 1. The van der Waals surface area contributed by atoms with Gasteiger partial charge in [-0.15, -0.1) is 0 Å². The van der Waals surface area contributed by atoms with Crippen LogP contribution in [0.5, 0.6) is 11.5 Å². The van der Waals surface area contributed by atoms with Crippen molar-refractivity contribution in [1.82, 2.24) is 0 Å². The van der Waals surface area contributed by atoms with E-state index in [1.807, 2.05) is 0 Å². The number of rotatable bonds is 5. The fraction of sp³-hybridized carbons (Fsp3) is 0.364. The van der Waals surface area contributed by atoms with Crippen LogP contribution in [0.25, 0.3) is 0 Å². The largest absolute Gasteiger partial charge is 0.497 e. The van der Waals surface area contributed by atoms with Crippen LogP contribution in [0, 0.1) is 0 Å². The van der Waals surface area contributed by atoms with Gasteiger partial charge in [0.15, 0.2) is 0 Å². The summed E-state index contributed by atoms with van der Waals surface area (Å²) < 4.78 is 33.6. The molecule has 18 heavy (non-hydrogen) atoms. The third-order valence-electron chi connectivity index (χ3n) is 2.07. The summed E-state index contributed by atoms with van der Waals surface area (Å²) in [5, 5.41) is 2.39. The molecule has 0 aliphatic heterocycles. The van der Waals surface area contributed by atoms with Crippen molar-refractivity contribution in [1.29, 1.82) is 0 Å². The maximum Gasteiger partial charge on any atom is 0.387 e. The van der Waals surface area contributed by atoms with Gasteiger partial charge in [-0.2, -0.15) is 8.78 Å². The summed E-state index contributed by atoms with van der Waals surface area (Å²) in [6, 6.07) is 3.33. The van der Waals surface area contributed by atoms with Crippen molar-refractivity contribution in [2.45, 2.75) is 19.6 Å². The highest BCUT2D eigenvalue weighted by Gasteiger charge is 2.15. The Balaban J connectivity index is 2.99. The molecule has 1 aromatic rings. The third kappa shape index (κ3) is 3.85. The average molecular weight is 260 g/mol.